The number of hydrogen-bond acceptors (Lipinski definition) is 6. The average Bonchev–Trinajstić information content (AvgIpc) is 2.65. The Balaban J connectivity index is 1.79. The highest BCUT2D eigenvalue weighted by Gasteiger charge is 2.12. The number of benzene rings is 2. The van der Waals surface area contributed by atoms with Gasteiger partial charge >= 0.3 is 5.97 Å². The first-order valence-electron chi connectivity index (χ1n) is 8.35. The van der Waals surface area contributed by atoms with E-state index in [4.69, 9.17) is 4.74 Å². The predicted octanol–water partition coefficient (Wildman–Crippen LogP) is 4.45. The molecule has 3 aromatic rings. The molecule has 0 saturated heterocycles. The maximum Gasteiger partial charge on any atom is 0.340 e. The number of para-hydroxylation sites is 1. The van der Waals surface area contributed by atoms with Gasteiger partial charge in [-0.05, 0) is 44.2 Å². The van der Waals surface area contributed by atoms with Crippen molar-refractivity contribution in [1.29, 1.82) is 0 Å². The Labute approximate surface area is 152 Å². The van der Waals surface area contributed by atoms with E-state index < -0.39 is 0 Å². The number of nitrogens with one attached hydrogen (secondary N) is 2. The third-order valence-electron chi connectivity index (χ3n) is 3.65. The van der Waals surface area contributed by atoms with Gasteiger partial charge in [-0.3, -0.25) is 0 Å². The van der Waals surface area contributed by atoms with Gasteiger partial charge < -0.3 is 15.4 Å². The lowest BCUT2D eigenvalue weighted by Gasteiger charge is -2.11. The lowest BCUT2D eigenvalue weighted by Crippen LogP contribution is -2.08. The molecule has 0 aliphatic rings. The number of ether oxygens (including phenoxy) is 1. The molecule has 26 heavy (non-hydrogen) atoms. The number of esters is 1. The number of aryl methyl sites for hydroxylation is 1. The summed E-state index contributed by atoms with van der Waals surface area (Å²) in [5, 5.41) is 6.32. The molecule has 1 aromatic heterocycles. The standard InChI is InChI=1S/C20H20N4O2/c1-3-26-19(25)16-6-4-5-7-17(16)23-18-12-13-21-20(24-18)22-15-10-8-14(2)9-11-15/h4-13H,3H2,1-2H3,(H2,21,22,23,24). The molecule has 6 heteroatoms. The topological polar surface area (TPSA) is 76.1 Å². The van der Waals surface area contributed by atoms with Crippen LogP contribution in [-0.2, 0) is 4.74 Å². The highest BCUT2D eigenvalue weighted by atomic mass is 16.5. The molecule has 0 bridgehead atoms. The van der Waals surface area contributed by atoms with E-state index in [-0.39, 0.29) is 5.97 Å². The van der Waals surface area contributed by atoms with Crippen molar-refractivity contribution in [2.75, 3.05) is 17.2 Å². The van der Waals surface area contributed by atoms with Crippen LogP contribution in [0.25, 0.3) is 0 Å². The lowest BCUT2D eigenvalue weighted by molar-refractivity contribution is 0.0527. The third-order valence-corrected chi connectivity index (χ3v) is 3.65. The van der Waals surface area contributed by atoms with Crippen LogP contribution in [0.5, 0.6) is 0 Å². The van der Waals surface area contributed by atoms with Gasteiger partial charge in [0, 0.05) is 11.9 Å². The second kappa shape index (κ2) is 8.11. The van der Waals surface area contributed by atoms with Crippen LogP contribution in [0.4, 0.5) is 23.1 Å². The van der Waals surface area contributed by atoms with Crippen LogP contribution in [0.1, 0.15) is 22.8 Å². The van der Waals surface area contributed by atoms with Crippen molar-refractivity contribution < 1.29 is 9.53 Å². The number of rotatable bonds is 6. The lowest BCUT2D eigenvalue weighted by atomic mass is 10.2. The second-order valence-electron chi connectivity index (χ2n) is 5.65. The van der Waals surface area contributed by atoms with Crippen molar-refractivity contribution in [2.45, 2.75) is 13.8 Å². The zero-order valence-electron chi connectivity index (χ0n) is 14.7. The zero-order valence-corrected chi connectivity index (χ0v) is 14.7. The maximum absolute atomic E-state index is 12.1. The van der Waals surface area contributed by atoms with Crippen molar-refractivity contribution in [3.63, 3.8) is 0 Å². The molecular weight excluding hydrogens is 328 g/mol. The minimum absolute atomic E-state index is 0.325. The molecule has 0 spiro atoms. The Morgan fingerprint density at radius 1 is 1.04 bits per heavy atom. The number of carbonyl (C=O) groups is 1. The van der Waals surface area contributed by atoms with Gasteiger partial charge in [0.05, 0.1) is 17.9 Å². The molecule has 6 nitrogen and oxygen atoms in total. The molecule has 2 aromatic carbocycles. The number of carbonyl (C=O) groups excluding carboxylic acids is 1. The van der Waals surface area contributed by atoms with Crippen LogP contribution >= 0.6 is 0 Å². The van der Waals surface area contributed by atoms with Crippen molar-refractivity contribution in [2.24, 2.45) is 0 Å². The van der Waals surface area contributed by atoms with Crippen LogP contribution in [0.15, 0.2) is 60.8 Å². The van der Waals surface area contributed by atoms with Crippen molar-refractivity contribution >= 4 is 29.1 Å². The van der Waals surface area contributed by atoms with Gasteiger partial charge in [-0.15, -0.1) is 0 Å². The molecule has 0 aliphatic carbocycles. The van der Waals surface area contributed by atoms with Crippen LogP contribution < -0.4 is 10.6 Å². The normalized spacial score (nSPS) is 10.2. The molecule has 3 rings (SSSR count). The van der Waals surface area contributed by atoms with E-state index in [1.807, 2.05) is 37.3 Å². The van der Waals surface area contributed by atoms with Crippen LogP contribution in [0.3, 0.4) is 0 Å². The first-order chi connectivity index (χ1) is 12.7. The molecule has 132 valence electrons. The van der Waals surface area contributed by atoms with Crippen molar-refractivity contribution in [3.8, 4) is 0 Å². The summed E-state index contributed by atoms with van der Waals surface area (Å²) in [6.45, 7) is 4.14. The largest absolute Gasteiger partial charge is 0.462 e. The second-order valence-corrected chi connectivity index (χ2v) is 5.65. The first-order valence-corrected chi connectivity index (χ1v) is 8.35. The first kappa shape index (κ1) is 17.4. The van der Waals surface area contributed by atoms with E-state index in [9.17, 15) is 4.79 Å². The Kier molecular flexibility index (Phi) is 5.43. The minimum Gasteiger partial charge on any atom is -0.462 e. The SMILES string of the molecule is CCOC(=O)c1ccccc1Nc1ccnc(Nc2ccc(C)cc2)n1. The summed E-state index contributed by atoms with van der Waals surface area (Å²) in [7, 11) is 0. The van der Waals surface area contributed by atoms with Gasteiger partial charge in [0.2, 0.25) is 5.95 Å². The number of aromatic nitrogens is 2. The van der Waals surface area contributed by atoms with Gasteiger partial charge in [-0.25, -0.2) is 9.78 Å². The molecule has 0 radical (unpaired) electrons. The molecule has 0 aliphatic heterocycles. The summed E-state index contributed by atoms with van der Waals surface area (Å²) >= 11 is 0. The van der Waals surface area contributed by atoms with Crippen molar-refractivity contribution in [1.82, 2.24) is 9.97 Å². The molecule has 0 amide bonds. The monoisotopic (exact) mass is 348 g/mol. The number of hydrogen-bond donors (Lipinski definition) is 2. The van der Waals surface area contributed by atoms with E-state index in [0.29, 0.717) is 29.6 Å². The zero-order chi connectivity index (χ0) is 18.4. The number of anilines is 4. The molecule has 2 N–H and O–H groups in total. The quantitative estimate of drug-likeness (QED) is 0.641. The molecule has 0 unspecified atom stereocenters. The van der Waals surface area contributed by atoms with Gasteiger partial charge in [0.1, 0.15) is 5.82 Å². The molecular formula is C20H20N4O2. The molecule has 0 fully saturated rings. The Morgan fingerprint density at radius 3 is 2.58 bits per heavy atom. The van der Waals surface area contributed by atoms with Gasteiger partial charge in [-0.2, -0.15) is 4.98 Å². The van der Waals surface area contributed by atoms with Crippen LogP contribution in [0.2, 0.25) is 0 Å². The summed E-state index contributed by atoms with van der Waals surface area (Å²) < 4.78 is 5.09. The smallest absolute Gasteiger partial charge is 0.340 e. The van der Waals surface area contributed by atoms with E-state index in [1.165, 1.54) is 5.56 Å². The van der Waals surface area contributed by atoms with Gasteiger partial charge in [-0.1, -0.05) is 29.8 Å². The fourth-order valence-electron chi connectivity index (χ4n) is 2.37. The summed E-state index contributed by atoms with van der Waals surface area (Å²) in [6, 6.07) is 16.9. The van der Waals surface area contributed by atoms with E-state index in [0.717, 1.165) is 5.69 Å². The van der Waals surface area contributed by atoms with E-state index in [2.05, 4.69) is 20.6 Å². The van der Waals surface area contributed by atoms with Crippen molar-refractivity contribution in [3.05, 3.63) is 71.9 Å². The van der Waals surface area contributed by atoms with E-state index in [1.54, 1.807) is 37.4 Å². The van der Waals surface area contributed by atoms with E-state index >= 15 is 0 Å². The fraction of sp³-hybridized carbons (Fsp3) is 0.150. The van der Waals surface area contributed by atoms with Gasteiger partial charge in [0.25, 0.3) is 0 Å². The average molecular weight is 348 g/mol. The summed E-state index contributed by atoms with van der Waals surface area (Å²) in [6.07, 6.45) is 1.65. The van der Waals surface area contributed by atoms with Crippen LogP contribution in [0, 0.1) is 6.92 Å². The predicted molar refractivity (Wildman–Crippen MR) is 102 cm³/mol. The number of nitrogens with zero attached hydrogens (tertiary/aromatic N) is 2. The maximum atomic E-state index is 12.1. The Bertz CT molecular complexity index is 894. The van der Waals surface area contributed by atoms with Crippen LogP contribution in [-0.4, -0.2) is 22.5 Å². The van der Waals surface area contributed by atoms with Gasteiger partial charge in [0.15, 0.2) is 0 Å². The minimum atomic E-state index is -0.373. The fourth-order valence-corrected chi connectivity index (χ4v) is 2.37. The molecule has 0 atom stereocenters. The molecule has 0 saturated carbocycles. The summed E-state index contributed by atoms with van der Waals surface area (Å²) in [5.74, 6) is 0.668. The Hall–Kier alpha value is -3.41. The highest BCUT2D eigenvalue weighted by molar-refractivity contribution is 5.96. The summed E-state index contributed by atoms with van der Waals surface area (Å²) in [4.78, 5) is 20.8. The highest BCUT2D eigenvalue weighted by Crippen LogP contribution is 2.22. The Morgan fingerprint density at radius 2 is 1.81 bits per heavy atom. The third kappa shape index (κ3) is 4.36. The summed E-state index contributed by atoms with van der Waals surface area (Å²) in [5.41, 5.74) is 3.18. The molecule has 1 heterocycles.